The number of nitrogens with zero attached hydrogens (tertiary/aromatic N) is 1. The predicted molar refractivity (Wildman–Crippen MR) is 80.7 cm³/mol. The summed E-state index contributed by atoms with van der Waals surface area (Å²) < 4.78 is 6.09. The molecule has 94 valence electrons. The fraction of sp³-hybridized carbons (Fsp3) is 0.417. The zero-order valence-electron chi connectivity index (χ0n) is 9.66. The summed E-state index contributed by atoms with van der Waals surface area (Å²) in [5.41, 5.74) is 0.731. The number of hydrogen-bond acceptors (Lipinski definition) is 2. The van der Waals surface area contributed by atoms with Crippen LogP contribution in [-0.4, -0.2) is 42.9 Å². The Morgan fingerprint density at radius 3 is 2.82 bits per heavy atom. The fourth-order valence-corrected chi connectivity index (χ4v) is 2.39. The van der Waals surface area contributed by atoms with Crippen molar-refractivity contribution in [2.45, 2.75) is 0 Å². The zero-order chi connectivity index (χ0) is 12.7. The minimum Gasteiger partial charge on any atom is -0.383 e. The van der Waals surface area contributed by atoms with E-state index in [1.807, 2.05) is 24.3 Å². The second kappa shape index (κ2) is 8.05. The Morgan fingerprint density at radius 1 is 1.47 bits per heavy atom. The second-order valence-corrected chi connectivity index (χ2v) is 5.52. The van der Waals surface area contributed by atoms with Crippen molar-refractivity contribution >= 4 is 44.4 Å². The number of carbonyl (C=O) groups is 1. The number of methoxy groups -OCH3 is 1. The number of halogens is 2. The normalized spacial score (nSPS) is 10.3. The summed E-state index contributed by atoms with van der Waals surface area (Å²) in [5, 5.41) is 0.770. The standard InChI is InChI=1S/C12H15BrINO2/c1-17-8-7-15(6-5-13)12(16)10-3-2-4-11(14)9-10/h2-4,9H,5-8H2,1H3. The smallest absolute Gasteiger partial charge is 0.253 e. The molecule has 0 aromatic heterocycles. The molecule has 1 amide bonds. The molecule has 0 fully saturated rings. The molecule has 0 aliphatic heterocycles. The molecule has 0 saturated carbocycles. The van der Waals surface area contributed by atoms with Crippen LogP contribution in [0.4, 0.5) is 0 Å². The number of alkyl halides is 1. The van der Waals surface area contributed by atoms with Gasteiger partial charge in [-0.05, 0) is 40.8 Å². The summed E-state index contributed by atoms with van der Waals surface area (Å²) in [7, 11) is 1.64. The van der Waals surface area contributed by atoms with Crippen molar-refractivity contribution in [1.82, 2.24) is 4.90 Å². The summed E-state index contributed by atoms with van der Waals surface area (Å²) in [5.74, 6) is 0.0556. The highest BCUT2D eigenvalue weighted by Crippen LogP contribution is 2.10. The van der Waals surface area contributed by atoms with Crippen molar-refractivity contribution in [3.8, 4) is 0 Å². The third-order valence-electron chi connectivity index (χ3n) is 2.28. The maximum Gasteiger partial charge on any atom is 0.253 e. The number of hydrogen-bond donors (Lipinski definition) is 0. The first-order chi connectivity index (χ1) is 8.19. The molecule has 0 saturated heterocycles. The van der Waals surface area contributed by atoms with Crippen LogP contribution in [0.2, 0.25) is 0 Å². The molecule has 0 bridgehead atoms. The Bertz CT molecular complexity index is 373. The zero-order valence-corrected chi connectivity index (χ0v) is 13.4. The van der Waals surface area contributed by atoms with Gasteiger partial charge >= 0.3 is 0 Å². The lowest BCUT2D eigenvalue weighted by atomic mass is 10.2. The van der Waals surface area contributed by atoms with Crippen LogP contribution in [0, 0.1) is 3.57 Å². The lowest BCUT2D eigenvalue weighted by Gasteiger charge is -2.21. The minimum absolute atomic E-state index is 0.0556. The van der Waals surface area contributed by atoms with Crippen molar-refractivity contribution < 1.29 is 9.53 Å². The fourth-order valence-electron chi connectivity index (χ4n) is 1.42. The van der Waals surface area contributed by atoms with Gasteiger partial charge < -0.3 is 9.64 Å². The molecule has 0 spiro atoms. The quantitative estimate of drug-likeness (QED) is 0.532. The molecule has 0 aliphatic carbocycles. The first-order valence-corrected chi connectivity index (χ1v) is 7.48. The van der Waals surface area contributed by atoms with Crippen LogP contribution >= 0.6 is 38.5 Å². The lowest BCUT2D eigenvalue weighted by molar-refractivity contribution is 0.0709. The monoisotopic (exact) mass is 411 g/mol. The summed E-state index contributed by atoms with van der Waals surface area (Å²) >= 11 is 5.57. The van der Waals surface area contributed by atoms with E-state index < -0.39 is 0 Å². The Kier molecular flexibility index (Phi) is 7.06. The maximum absolute atomic E-state index is 12.2. The molecule has 0 aliphatic rings. The van der Waals surface area contributed by atoms with Crippen molar-refractivity contribution in [2.75, 3.05) is 32.1 Å². The van der Waals surface area contributed by atoms with Gasteiger partial charge in [0, 0.05) is 34.7 Å². The molecule has 0 N–H and O–H groups in total. The van der Waals surface area contributed by atoms with Gasteiger partial charge in [0.2, 0.25) is 0 Å². The predicted octanol–water partition coefficient (Wildman–Crippen LogP) is 2.77. The first kappa shape index (κ1) is 14.9. The van der Waals surface area contributed by atoms with E-state index in [1.54, 1.807) is 12.0 Å². The number of ether oxygens (including phenoxy) is 1. The van der Waals surface area contributed by atoms with Crippen molar-refractivity contribution in [2.24, 2.45) is 0 Å². The molecule has 0 radical (unpaired) electrons. The van der Waals surface area contributed by atoms with E-state index in [2.05, 4.69) is 38.5 Å². The molecular formula is C12H15BrINO2. The topological polar surface area (TPSA) is 29.5 Å². The van der Waals surface area contributed by atoms with Gasteiger partial charge in [-0.25, -0.2) is 0 Å². The van der Waals surface area contributed by atoms with E-state index in [0.29, 0.717) is 19.7 Å². The van der Waals surface area contributed by atoms with Crippen LogP contribution < -0.4 is 0 Å². The SMILES string of the molecule is COCCN(CCBr)C(=O)c1cccc(I)c1. The van der Waals surface area contributed by atoms with E-state index in [4.69, 9.17) is 4.74 Å². The van der Waals surface area contributed by atoms with E-state index >= 15 is 0 Å². The van der Waals surface area contributed by atoms with Gasteiger partial charge in [0.1, 0.15) is 0 Å². The molecule has 1 aromatic rings. The molecule has 1 rings (SSSR count). The third kappa shape index (κ3) is 4.93. The Hall–Kier alpha value is -0.140. The number of benzene rings is 1. The van der Waals surface area contributed by atoms with Crippen LogP contribution in [-0.2, 0) is 4.74 Å². The Morgan fingerprint density at radius 2 is 2.24 bits per heavy atom. The Labute approximate surface area is 124 Å². The molecule has 1 aromatic carbocycles. The van der Waals surface area contributed by atoms with Crippen molar-refractivity contribution in [3.63, 3.8) is 0 Å². The number of carbonyl (C=O) groups excluding carboxylic acids is 1. The molecule has 5 heteroatoms. The van der Waals surface area contributed by atoms with Crippen LogP contribution in [0.1, 0.15) is 10.4 Å². The van der Waals surface area contributed by atoms with E-state index in [-0.39, 0.29) is 5.91 Å². The maximum atomic E-state index is 12.2. The average Bonchev–Trinajstić information content (AvgIpc) is 2.33. The molecular weight excluding hydrogens is 397 g/mol. The van der Waals surface area contributed by atoms with Gasteiger partial charge in [-0.15, -0.1) is 0 Å². The minimum atomic E-state index is 0.0556. The van der Waals surface area contributed by atoms with E-state index in [9.17, 15) is 4.79 Å². The highest BCUT2D eigenvalue weighted by molar-refractivity contribution is 14.1. The van der Waals surface area contributed by atoms with Crippen molar-refractivity contribution in [3.05, 3.63) is 33.4 Å². The summed E-state index contributed by atoms with van der Waals surface area (Å²) in [6.45, 7) is 1.86. The third-order valence-corrected chi connectivity index (χ3v) is 3.30. The van der Waals surface area contributed by atoms with Gasteiger partial charge in [-0.1, -0.05) is 22.0 Å². The summed E-state index contributed by atoms with van der Waals surface area (Å²) in [6.07, 6.45) is 0. The highest BCUT2D eigenvalue weighted by atomic mass is 127. The molecule has 0 atom stereocenters. The number of amides is 1. The summed E-state index contributed by atoms with van der Waals surface area (Å²) in [4.78, 5) is 14.0. The molecule has 0 heterocycles. The van der Waals surface area contributed by atoms with Crippen LogP contribution in [0.3, 0.4) is 0 Å². The second-order valence-electron chi connectivity index (χ2n) is 3.48. The van der Waals surface area contributed by atoms with Crippen LogP contribution in [0.15, 0.2) is 24.3 Å². The largest absolute Gasteiger partial charge is 0.383 e. The van der Waals surface area contributed by atoms with Crippen molar-refractivity contribution in [1.29, 1.82) is 0 Å². The Balaban J connectivity index is 2.76. The van der Waals surface area contributed by atoms with Gasteiger partial charge in [0.05, 0.1) is 6.61 Å². The first-order valence-electron chi connectivity index (χ1n) is 5.28. The number of rotatable bonds is 6. The van der Waals surface area contributed by atoms with Gasteiger partial charge in [0.15, 0.2) is 0 Å². The van der Waals surface area contributed by atoms with E-state index in [1.165, 1.54) is 0 Å². The molecule has 0 unspecified atom stereocenters. The molecule has 17 heavy (non-hydrogen) atoms. The van der Waals surface area contributed by atoms with Gasteiger partial charge in [0.25, 0.3) is 5.91 Å². The molecule has 3 nitrogen and oxygen atoms in total. The highest BCUT2D eigenvalue weighted by Gasteiger charge is 2.14. The van der Waals surface area contributed by atoms with Crippen LogP contribution in [0.5, 0.6) is 0 Å². The van der Waals surface area contributed by atoms with Gasteiger partial charge in [-0.3, -0.25) is 4.79 Å². The van der Waals surface area contributed by atoms with Crippen LogP contribution in [0.25, 0.3) is 0 Å². The summed E-state index contributed by atoms with van der Waals surface area (Å²) in [6, 6.07) is 7.62. The van der Waals surface area contributed by atoms with E-state index in [0.717, 1.165) is 14.5 Å². The average molecular weight is 412 g/mol. The lowest BCUT2D eigenvalue weighted by Crippen LogP contribution is -2.35. The van der Waals surface area contributed by atoms with Gasteiger partial charge in [-0.2, -0.15) is 0 Å².